The highest BCUT2D eigenvalue weighted by Gasteiger charge is 2.14. The Morgan fingerprint density at radius 1 is 1.35 bits per heavy atom. The Hall–Kier alpha value is -2.22. The maximum Gasteiger partial charge on any atom is 0.296 e. The molecule has 8 nitrogen and oxygen atoms in total. The Morgan fingerprint density at radius 2 is 2.13 bits per heavy atom. The van der Waals surface area contributed by atoms with Crippen LogP contribution in [0.1, 0.15) is 30.7 Å². The molecule has 0 aromatic carbocycles. The van der Waals surface area contributed by atoms with E-state index in [-0.39, 0.29) is 11.5 Å². The molecule has 0 saturated heterocycles. The topological polar surface area (TPSA) is 99.2 Å². The summed E-state index contributed by atoms with van der Waals surface area (Å²) in [6.45, 7) is 5.14. The van der Waals surface area contributed by atoms with Crippen molar-refractivity contribution in [3.63, 3.8) is 0 Å². The lowest BCUT2D eigenvalue weighted by molar-refractivity contribution is -0.121. The third-order valence-electron chi connectivity index (χ3n) is 3.55. The van der Waals surface area contributed by atoms with Crippen molar-refractivity contribution in [2.45, 2.75) is 39.7 Å². The number of rotatable bonds is 8. The molecule has 0 bridgehead atoms. The molecule has 8 heteroatoms. The van der Waals surface area contributed by atoms with Gasteiger partial charge in [0.15, 0.2) is 5.52 Å². The lowest BCUT2D eigenvalue weighted by atomic mass is 10.2. The Kier molecular flexibility index (Phi) is 5.86. The van der Waals surface area contributed by atoms with Gasteiger partial charge < -0.3 is 14.6 Å². The van der Waals surface area contributed by atoms with E-state index in [2.05, 4.69) is 15.6 Å². The van der Waals surface area contributed by atoms with Gasteiger partial charge in [-0.1, -0.05) is 5.16 Å². The molecule has 0 radical (unpaired) electrons. The summed E-state index contributed by atoms with van der Waals surface area (Å²) in [6.07, 6.45) is 1.66. The van der Waals surface area contributed by atoms with E-state index in [1.54, 1.807) is 14.0 Å². The van der Waals surface area contributed by atoms with Gasteiger partial charge in [-0.3, -0.25) is 9.59 Å². The highest BCUT2D eigenvalue weighted by molar-refractivity contribution is 5.81. The molecule has 126 valence electrons. The van der Waals surface area contributed by atoms with Gasteiger partial charge in [-0.05, 0) is 26.7 Å². The van der Waals surface area contributed by atoms with E-state index in [0.717, 1.165) is 6.42 Å². The van der Waals surface area contributed by atoms with E-state index >= 15 is 0 Å². The number of hydrogen-bond donors (Lipinski definition) is 1. The van der Waals surface area contributed by atoms with Crippen LogP contribution in [-0.4, -0.2) is 41.1 Å². The van der Waals surface area contributed by atoms with Crippen LogP contribution in [0.4, 0.5) is 0 Å². The number of fused-ring (bicyclic) bond motifs is 1. The quantitative estimate of drug-likeness (QED) is 0.726. The number of carbonyl (C=O) groups is 1. The van der Waals surface area contributed by atoms with Crippen molar-refractivity contribution in [2.24, 2.45) is 0 Å². The summed E-state index contributed by atoms with van der Waals surface area (Å²) in [5.74, 6) is 0.550. The molecule has 1 amide bonds. The van der Waals surface area contributed by atoms with Crippen LogP contribution in [0.15, 0.2) is 9.32 Å². The summed E-state index contributed by atoms with van der Waals surface area (Å²) < 4.78 is 11.3. The van der Waals surface area contributed by atoms with E-state index in [9.17, 15) is 9.59 Å². The van der Waals surface area contributed by atoms with E-state index in [0.29, 0.717) is 54.9 Å². The average molecular weight is 322 g/mol. The van der Waals surface area contributed by atoms with Crippen LogP contribution in [0.2, 0.25) is 0 Å². The van der Waals surface area contributed by atoms with Gasteiger partial charge in [-0.15, -0.1) is 0 Å². The number of amides is 1. The second-order valence-corrected chi connectivity index (χ2v) is 5.38. The first-order valence-electron chi connectivity index (χ1n) is 7.64. The van der Waals surface area contributed by atoms with Gasteiger partial charge >= 0.3 is 0 Å². The monoisotopic (exact) mass is 322 g/mol. The highest BCUT2D eigenvalue weighted by Crippen LogP contribution is 2.16. The van der Waals surface area contributed by atoms with Crippen molar-refractivity contribution in [1.29, 1.82) is 0 Å². The van der Waals surface area contributed by atoms with Crippen LogP contribution >= 0.6 is 0 Å². The van der Waals surface area contributed by atoms with Crippen LogP contribution < -0.4 is 10.9 Å². The number of aromatic nitrogens is 3. The largest absolute Gasteiger partial charge is 0.385 e. The van der Waals surface area contributed by atoms with Crippen molar-refractivity contribution in [3.05, 3.63) is 21.8 Å². The van der Waals surface area contributed by atoms with Crippen LogP contribution in [-0.2, 0) is 16.1 Å². The SMILES string of the molecule is COCCCNC(=O)CCCn1nc(C)c2c(C)onc2c1=O. The van der Waals surface area contributed by atoms with Gasteiger partial charge in [0.2, 0.25) is 5.91 Å². The van der Waals surface area contributed by atoms with Crippen LogP contribution in [0, 0.1) is 13.8 Å². The first kappa shape index (κ1) is 17.1. The highest BCUT2D eigenvalue weighted by atomic mass is 16.5. The third-order valence-corrected chi connectivity index (χ3v) is 3.55. The molecular weight excluding hydrogens is 300 g/mol. The third kappa shape index (κ3) is 4.16. The molecule has 0 saturated carbocycles. The Labute approximate surface area is 133 Å². The minimum absolute atomic E-state index is 0.0377. The molecule has 0 aliphatic rings. The van der Waals surface area contributed by atoms with Crippen molar-refractivity contribution in [1.82, 2.24) is 20.3 Å². The predicted octanol–water partition coefficient (Wildman–Crippen LogP) is 0.934. The Bertz CT molecular complexity index is 735. The number of methoxy groups -OCH3 is 1. The molecule has 23 heavy (non-hydrogen) atoms. The maximum atomic E-state index is 12.3. The summed E-state index contributed by atoms with van der Waals surface area (Å²) in [5, 5.41) is 11.6. The predicted molar refractivity (Wildman–Crippen MR) is 84.3 cm³/mol. The van der Waals surface area contributed by atoms with Gasteiger partial charge in [-0.25, -0.2) is 4.68 Å². The Balaban J connectivity index is 1.91. The summed E-state index contributed by atoms with van der Waals surface area (Å²) in [4.78, 5) is 24.0. The second-order valence-electron chi connectivity index (χ2n) is 5.38. The standard InChI is InChI=1S/C15H22N4O4/c1-10-13-11(2)23-18-14(13)15(21)19(17-10)8-4-6-12(20)16-7-5-9-22-3/h4-9H2,1-3H3,(H,16,20). The van der Waals surface area contributed by atoms with Crippen LogP contribution in [0.5, 0.6) is 0 Å². The second kappa shape index (κ2) is 7.87. The minimum atomic E-state index is -0.289. The molecule has 0 atom stereocenters. The molecular formula is C15H22N4O4. The van der Waals surface area contributed by atoms with Crippen LogP contribution in [0.25, 0.3) is 10.9 Å². The summed E-state index contributed by atoms with van der Waals surface area (Å²) in [5.41, 5.74) is 0.698. The minimum Gasteiger partial charge on any atom is -0.385 e. The first-order chi connectivity index (χ1) is 11.0. The fourth-order valence-electron chi connectivity index (χ4n) is 2.42. The molecule has 0 fully saturated rings. The smallest absolute Gasteiger partial charge is 0.296 e. The summed E-state index contributed by atoms with van der Waals surface area (Å²) in [7, 11) is 1.63. The van der Waals surface area contributed by atoms with Crippen molar-refractivity contribution in [3.8, 4) is 0 Å². The van der Waals surface area contributed by atoms with Gasteiger partial charge in [0.1, 0.15) is 5.76 Å². The first-order valence-corrected chi connectivity index (χ1v) is 7.64. The maximum absolute atomic E-state index is 12.3. The molecule has 0 aliphatic heterocycles. The summed E-state index contributed by atoms with van der Waals surface area (Å²) in [6, 6.07) is 0. The molecule has 0 aliphatic carbocycles. The number of nitrogens with zero attached hydrogens (tertiary/aromatic N) is 3. The van der Waals surface area contributed by atoms with Crippen molar-refractivity contribution < 1.29 is 14.1 Å². The lowest BCUT2D eigenvalue weighted by Gasteiger charge is -2.07. The van der Waals surface area contributed by atoms with Gasteiger partial charge in [0.25, 0.3) is 5.56 Å². The zero-order valence-corrected chi connectivity index (χ0v) is 13.7. The molecule has 1 N–H and O–H groups in total. The molecule has 2 aromatic rings. The van der Waals surface area contributed by atoms with Crippen molar-refractivity contribution >= 4 is 16.8 Å². The number of carbonyl (C=O) groups excluding carboxylic acids is 1. The molecule has 0 spiro atoms. The van der Waals surface area contributed by atoms with Gasteiger partial charge in [0, 0.05) is 33.2 Å². The number of nitrogens with one attached hydrogen (secondary N) is 1. The molecule has 0 unspecified atom stereocenters. The van der Waals surface area contributed by atoms with E-state index in [4.69, 9.17) is 9.26 Å². The lowest BCUT2D eigenvalue weighted by Crippen LogP contribution is -2.27. The zero-order chi connectivity index (χ0) is 16.8. The fourth-order valence-corrected chi connectivity index (χ4v) is 2.42. The average Bonchev–Trinajstić information content (AvgIpc) is 2.91. The van der Waals surface area contributed by atoms with E-state index in [1.807, 2.05) is 6.92 Å². The summed E-state index contributed by atoms with van der Waals surface area (Å²) >= 11 is 0. The number of aryl methyl sites for hydroxylation is 3. The van der Waals surface area contributed by atoms with Gasteiger partial charge in [0.05, 0.1) is 11.1 Å². The van der Waals surface area contributed by atoms with E-state index < -0.39 is 0 Å². The van der Waals surface area contributed by atoms with Crippen molar-refractivity contribution in [2.75, 3.05) is 20.3 Å². The molecule has 2 heterocycles. The number of hydrogen-bond acceptors (Lipinski definition) is 6. The van der Waals surface area contributed by atoms with Crippen LogP contribution in [0.3, 0.4) is 0 Å². The fraction of sp³-hybridized carbons (Fsp3) is 0.600. The number of ether oxygens (including phenoxy) is 1. The van der Waals surface area contributed by atoms with Gasteiger partial charge in [-0.2, -0.15) is 5.10 Å². The molecule has 2 rings (SSSR count). The zero-order valence-electron chi connectivity index (χ0n) is 13.7. The normalized spacial score (nSPS) is 11.1. The Morgan fingerprint density at radius 3 is 2.87 bits per heavy atom. The molecule has 2 aromatic heterocycles. The van der Waals surface area contributed by atoms with E-state index in [1.165, 1.54) is 4.68 Å².